The second kappa shape index (κ2) is 8.17. The molecule has 1 aromatic rings. The summed E-state index contributed by atoms with van der Waals surface area (Å²) in [5.41, 5.74) is 0.296. The molecule has 0 unspecified atom stereocenters. The first-order valence-corrected chi connectivity index (χ1v) is 13.2. The van der Waals surface area contributed by atoms with Gasteiger partial charge >= 0.3 is 0 Å². The third-order valence-corrected chi connectivity index (χ3v) is 9.82. The van der Waals surface area contributed by atoms with Crippen molar-refractivity contribution in [2.24, 2.45) is 11.8 Å². The van der Waals surface area contributed by atoms with Gasteiger partial charge < -0.3 is 10.1 Å². The summed E-state index contributed by atoms with van der Waals surface area (Å²) in [7, 11) is -2.13. The average Bonchev–Trinajstić information content (AvgIpc) is 2.59. The monoisotopic (exact) mass is 534 g/mol. The van der Waals surface area contributed by atoms with Gasteiger partial charge in [0, 0.05) is 28.7 Å². The number of nitrogens with one attached hydrogen (secondary N) is 2. The molecular weight excluding hydrogens is 508 g/mol. The molecule has 5 rings (SSSR count). The summed E-state index contributed by atoms with van der Waals surface area (Å²) < 4.78 is 36.1. The maximum absolute atomic E-state index is 13.3. The lowest BCUT2D eigenvalue weighted by Crippen LogP contribution is -2.68. The van der Waals surface area contributed by atoms with Crippen LogP contribution in [0.15, 0.2) is 26.0 Å². The van der Waals surface area contributed by atoms with Crippen molar-refractivity contribution in [1.82, 2.24) is 10.0 Å². The minimum Gasteiger partial charge on any atom is -0.496 e. The normalized spacial score (nSPS) is 28.3. The molecule has 0 heterocycles. The van der Waals surface area contributed by atoms with E-state index in [0.29, 0.717) is 28.2 Å². The van der Waals surface area contributed by atoms with E-state index in [1.165, 1.54) is 45.6 Å². The standard InChI is InChI=1S/C20H28Br2N2O3S/c1-27-18-8-19(16(22)7-15(18)21)28(25,26)24-17(14-5-3-2-4-6-14)12-23-20-9-13(10-20)11-20/h7-8,13-14,17,23-24H,2-6,9-12H2,1H3/t13?,17-,20?/m0/s1. The Labute approximate surface area is 184 Å². The largest absolute Gasteiger partial charge is 0.496 e. The van der Waals surface area contributed by atoms with E-state index in [0.717, 1.165) is 23.2 Å². The Morgan fingerprint density at radius 3 is 2.39 bits per heavy atom. The van der Waals surface area contributed by atoms with Gasteiger partial charge in [0.2, 0.25) is 10.0 Å². The molecule has 0 aromatic heterocycles. The highest BCUT2D eigenvalue weighted by Gasteiger charge is 2.56. The van der Waals surface area contributed by atoms with Gasteiger partial charge in [0.1, 0.15) is 5.75 Å². The van der Waals surface area contributed by atoms with E-state index in [9.17, 15) is 8.42 Å². The Morgan fingerprint density at radius 1 is 1.14 bits per heavy atom. The maximum Gasteiger partial charge on any atom is 0.242 e. The molecule has 0 aliphatic heterocycles. The molecule has 4 aliphatic rings. The summed E-state index contributed by atoms with van der Waals surface area (Å²) in [5.74, 6) is 1.80. The fourth-order valence-electron chi connectivity index (χ4n) is 5.00. The molecule has 28 heavy (non-hydrogen) atoms. The quantitative estimate of drug-likeness (QED) is 0.511. The molecule has 1 aromatic carbocycles. The number of hydrogen-bond acceptors (Lipinski definition) is 4. The average molecular weight is 536 g/mol. The smallest absolute Gasteiger partial charge is 0.242 e. The number of hydrogen-bond donors (Lipinski definition) is 2. The van der Waals surface area contributed by atoms with Crippen molar-refractivity contribution in [3.05, 3.63) is 21.1 Å². The number of rotatable bonds is 8. The fraction of sp³-hybridized carbons (Fsp3) is 0.700. The van der Waals surface area contributed by atoms with Gasteiger partial charge in [-0.1, -0.05) is 19.3 Å². The molecule has 0 spiro atoms. The second-order valence-corrected chi connectivity index (χ2v) is 12.1. The molecule has 0 amide bonds. The van der Waals surface area contributed by atoms with Crippen LogP contribution in [-0.2, 0) is 10.0 Å². The predicted molar refractivity (Wildman–Crippen MR) is 117 cm³/mol. The van der Waals surface area contributed by atoms with E-state index < -0.39 is 10.0 Å². The third kappa shape index (κ3) is 4.17. The lowest BCUT2D eigenvalue weighted by atomic mass is 9.50. The van der Waals surface area contributed by atoms with Crippen molar-refractivity contribution in [3.63, 3.8) is 0 Å². The van der Waals surface area contributed by atoms with E-state index >= 15 is 0 Å². The first kappa shape index (κ1) is 21.1. The molecular formula is C20H28Br2N2O3S. The van der Waals surface area contributed by atoms with E-state index in [-0.39, 0.29) is 10.9 Å². The van der Waals surface area contributed by atoms with Crippen LogP contribution in [0.25, 0.3) is 0 Å². The number of benzene rings is 1. The zero-order valence-corrected chi connectivity index (χ0v) is 20.1. The lowest BCUT2D eigenvalue weighted by molar-refractivity contribution is -0.0525. The molecule has 4 aliphatic carbocycles. The van der Waals surface area contributed by atoms with E-state index in [2.05, 4.69) is 41.9 Å². The van der Waals surface area contributed by atoms with Crippen LogP contribution in [0, 0.1) is 11.8 Å². The van der Waals surface area contributed by atoms with Crippen LogP contribution in [0.5, 0.6) is 5.75 Å². The SMILES string of the molecule is COc1cc(S(=O)(=O)N[C@@H](CNC23CC(C2)C3)C2CCCCC2)c(Br)cc1Br. The minimum absolute atomic E-state index is 0.0825. The van der Waals surface area contributed by atoms with Crippen molar-refractivity contribution in [2.45, 2.75) is 67.8 Å². The van der Waals surface area contributed by atoms with Gasteiger partial charge in [-0.2, -0.15) is 0 Å². The van der Waals surface area contributed by atoms with Crippen molar-refractivity contribution in [1.29, 1.82) is 0 Å². The highest BCUT2D eigenvalue weighted by atomic mass is 79.9. The Kier molecular flexibility index (Phi) is 6.16. The Bertz CT molecular complexity index is 823. The number of sulfonamides is 1. The van der Waals surface area contributed by atoms with Crippen LogP contribution in [-0.4, -0.2) is 33.7 Å². The summed E-state index contributed by atoms with van der Waals surface area (Å²) in [5, 5.41) is 3.71. The molecule has 156 valence electrons. The van der Waals surface area contributed by atoms with Gasteiger partial charge in [0.15, 0.2) is 0 Å². The van der Waals surface area contributed by atoms with Crippen molar-refractivity contribution >= 4 is 41.9 Å². The Hall–Kier alpha value is -0.150. The van der Waals surface area contributed by atoms with Crippen molar-refractivity contribution < 1.29 is 13.2 Å². The van der Waals surface area contributed by atoms with Gasteiger partial charge in [-0.3, -0.25) is 0 Å². The summed E-state index contributed by atoms with van der Waals surface area (Å²) >= 11 is 6.82. The number of ether oxygens (including phenoxy) is 1. The Balaban J connectivity index is 1.53. The third-order valence-electron chi connectivity index (χ3n) is 6.76. The highest BCUT2D eigenvalue weighted by molar-refractivity contribution is 9.11. The lowest BCUT2D eigenvalue weighted by Gasteiger charge is -2.62. The number of methoxy groups -OCH3 is 1. The molecule has 8 heteroatoms. The van der Waals surface area contributed by atoms with Gasteiger partial charge in [-0.15, -0.1) is 0 Å². The maximum atomic E-state index is 13.3. The van der Waals surface area contributed by atoms with Crippen molar-refractivity contribution in [3.8, 4) is 5.75 Å². The van der Waals surface area contributed by atoms with E-state index in [1.807, 2.05) is 0 Å². The van der Waals surface area contributed by atoms with Crippen LogP contribution in [0.3, 0.4) is 0 Å². The van der Waals surface area contributed by atoms with Gasteiger partial charge in [0.25, 0.3) is 0 Å². The summed E-state index contributed by atoms with van der Waals surface area (Å²) in [4.78, 5) is 0.221. The Morgan fingerprint density at radius 2 is 1.82 bits per heavy atom. The van der Waals surface area contributed by atoms with Gasteiger partial charge in [-0.05, 0) is 81.9 Å². The van der Waals surface area contributed by atoms with Crippen LogP contribution in [0.1, 0.15) is 51.4 Å². The highest BCUT2D eigenvalue weighted by Crippen LogP contribution is 2.56. The molecule has 2 N–H and O–H groups in total. The topological polar surface area (TPSA) is 67.4 Å². The van der Waals surface area contributed by atoms with E-state index in [1.54, 1.807) is 12.1 Å². The molecule has 4 fully saturated rings. The molecule has 0 radical (unpaired) electrons. The summed E-state index contributed by atoms with van der Waals surface area (Å²) in [6.07, 6.45) is 9.58. The zero-order valence-electron chi connectivity index (χ0n) is 16.1. The molecule has 2 bridgehead atoms. The molecule has 1 atom stereocenters. The van der Waals surface area contributed by atoms with Crippen LogP contribution >= 0.6 is 31.9 Å². The molecule has 4 saturated carbocycles. The van der Waals surface area contributed by atoms with Gasteiger partial charge in [0.05, 0.1) is 16.5 Å². The summed E-state index contributed by atoms with van der Waals surface area (Å²) in [6.45, 7) is 0.710. The van der Waals surface area contributed by atoms with Gasteiger partial charge in [-0.25, -0.2) is 13.1 Å². The van der Waals surface area contributed by atoms with Crippen LogP contribution in [0.4, 0.5) is 0 Å². The van der Waals surface area contributed by atoms with Crippen LogP contribution < -0.4 is 14.8 Å². The molecule has 0 saturated heterocycles. The predicted octanol–water partition coefficient (Wildman–Crippen LogP) is 4.59. The first-order chi connectivity index (χ1) is 13.3. The van der Waals surface area contributed by atoms with Crippen LogP contribution in [0.2, 0.25) is 0 Å². The van der Waals surface area contributed by atoms with Crippen molar-refractivity contribution in [2.75, 3.05) is 13.7 Å². The second-order valence-electron chi connectivity index (χ2n) is 8.68. The fourth-order valence-corrected chi connectivity index (χ4v) is 8.17. The zero-order chi connectivity index (χ0) is 19.9. The number of halogens is 2. The molecule has 5 nitrogen and oxygen atoms in total. The van der Waals surface area contributed by atoms with E-state index in [4.69, 9.17) is 4.74 Å². The summed E-state index contributed by atoms with van der Waals surface area (Å²) in [6, 6.07) is 3.22. The minimum atomic E-state index is -3.67. The first-order valence-electron chi connectivity index (χ1n) is 10.1.